The van der Waals surface area contributed by atoms with Gasteiger partial charge in [0.1, 0.15) is 22.8 Å². The molecule has 0 unspecified atom stereocenters. The van der Waals surface area contributed by atoms with Crippen LogP contribution in [-0.2, 0) is 22.7 Å². The van der Waals surface area contributed by atoms with Gasteiger partial charge in [-0.3, -0.25) is 14.4 Å². The summed E-state index contributed by atoms with van der Waals surface area (Å²) < 4.78 is 7.28. The summed E-state index contributed by atoms with van der Waals surface area (Å²) in [7, 11) is 1.61. The average molecular weight is 408 g/mol. The highest BCUT2D eigenvalue weighted by Crippen LogP contribution is 2.31. The molecule has 1 aromatic carbocycles. The smallest absolute Gasteiger partial charge is 0.271 e. The molecule has 3 aromatic rings. The van der Waals surface area contributed by atoms with Crippen LogP contribution >= 0.6 is 0 Å². The molecule has 8 heteroatoms. The second kappa shape index (κ2) is 7.37. The molecule has 3 heterocycles. The van der Waals surface area contributed by atoms with Gasteiger partial charge in [0, 0.05) is 18.0 Å². The SMILES string of the molecule is Cc1ccc(CNC(=O)CNC(=O)[C@]2(C)Cn3c(cc4ccccc43)C(=O)N2C)o1. The van der Waals surface area contributed by atoms with Crippen molar-refractivity contribution in [3.8, 4) is 0 Å². The molecule has 3 amide bonds. The highest BCUT2D eigenvalue weighted by Gasteiger charge is 2.45. The molecular weight excluding hydrogens is 384 g/mol. The normalized spacial score (nSPS) is 18.4. The molecule has 4 rings (SSSR count). The molecule has 0 bridgehead atoms. The Balaban J connectivity index is 1.45. The van der Waals surface area contributed by atoms with Crippen LogP contribution in [0.15, 0.2) is 46.9 Å². The zero-order valence-corrected chi connectivity index (χ0v) is 17.2. The van der Waals surface area contributed by atoms with Gasteiger partial charge in [-0.05, 0) is 38.1 Å². The molecule has 30 heavy (non-hydrogen) atoms. The molecule has 156 valence electrons. The lowest BCUT2D eigenvalue weighted by Gasteiger charge is -2.41. The van der Waals surface area contributed by atoms with Crippen LogP contribution in [0.25, 0.3) is 10.9 Å². The van der Waals surface area contributed by atoms with E-state index in [0.717, 1.165) is 16.7 Å². The number of amides is 3. The number of aromatic nitrogens is 1. The van der Waals surface area contributed by atoms with Gasteiger partial charge >= 0.3 is 0 Å². The van der Waals surface area contributed by atoms with Crippen molar-refractivity contribution in [1.29, 1.82) is 0 Å². The number of carbonyl (C=O) groups excluding carboxylic acids is 3. The molecule has 1 atom stereocenters. The van der Waals surface area contributed by atoms with E-state index in [1.807, 2.05) is 47.9 Å². The third-order valence-electron chi connectivity index (χ3n) is 5.70. The largest absolute Gasteiger partial charge is 0.465 e. The summed E-state index contributed by atoms with van der Waals surface area (Å²) in [6.07, 6.45) is 0. The minimum Gasteiger partial charge on any atom is -0.465 e. The molecule has 1 aliphatic heterocycles. The predicted octanol–water partition coefficient (Wildman–Crippen LogP) is 1.82. The summed E-state index contributed by atoms with van der Waals surface area (Å²) in [5.41, 5.74) is 0.333. The van der Waals surface area contributed by atoms with Gasteiger partial charge < -0.3 is 24.5 Å². The van der Waals surface area contributed by atoms with Crippen LogP contribution in [0.4, 0.5) is 0 Å². The monoisotopic (exact) mass is 408 g/mol. The van der Waals surface area contributed by atoms with Crippen molar-refractivity contribution in [2.24, 2.45) is 0 Å². The van der Waals surface area contributed by atoms with Gasteiger partial charge in [0.05, 0.1) is 19.6 Å². The Morgan fingerprint density at radius 3 is 2.67 bits per heavy atom. The Bertz CT molecular complexity index is 1150. The molecule has 0 fully saturated rings. The fourth-order valence-electron chi connectivity index (χ4n) is 3.77. The standard InChI is InChI=1S/C22H24N4O4/c1-14-8-9-16(30-14)11-23-19(27)12-24-21(29)22(2)13-26-17-7-5-4-6-15(17)10-18(26)20(28)25(22)3/h4-10H,11-13H2,1-3H3,(H,23,27)(H,24,29)/t22-/m0/s1. The van der Waals surface area contributed by atoms with E-state index >= 15 is 0 Å². The minimum atomic E-state index is -1.12. The molecule has 0 aliphatic carbocycles. The van der Waals surface area contributed by atoms with Gasteiger partial charge in [0.25, 0.3) is 5.91 Å². The van der Waals surface area contributed by atoms with E-state index in [0.29, 0.717) is 18.0 Å². The van der Waals surface area contributed by atoms with E-state index in [2.05, 4.69) is 10.6 Å². The van der Waals surface area contributed by atoms with Crippen molar-refractivity contribution >= 4 is 28.6 Å². The number of fused-ring (bicyclic) bond motifs is 3. The zero-order valence-electron chi connectivity index (χ0n) is 17.2. The summed E-state index contributed by atoms with van der Waals surface area (Å²) in [4.78, 5) is 39.5. The minimum absolute atomic E-state index is 0.185. The number of likely N-dealkylation sites (N-methyl/N-ethyl adjacent to an activating group) is 1. The third-order valence-corrected chi connectivity index (χ3v) is 5.70. The summed E-state index contributed by atoms with van der Waals surface area (Å²) >= 11 is 0. The zero-order chi connectivity index (χ0) is 21.5. The maximum atomic E-state index is 13.0. The van der Waals surface area contributed by atoms with Gasteiger partial charge in [0.15, 0.2) is 0 Å². The van der Waals surface area contributed by atoms with E-state index in [1.165, 1.54) is 4.90 Å². The third kappa shape index (κ3) is 3.34. The highest BCUT2D eigenvalue weighted by molar-refractivity contribution is 6.03. The van der Waals surface area contributed by atoms with E-state index in [9.17, 15) is 14.4 Å². The number of aryl methyl sites for hydroxylation is 1. The summed E-state index contributed by atoms with van der Waals surface area (Å²) in [5.74, 6) is 0.461. The molecule has 2 N–H and O–H groups in total. The van der Waals surface area contributed by atoms with Crippen LogP contribution in [-0.4, -0.2) is 46.3 Å². The number of carbonyl (C=O) groups is 3. The first-order valence-corrected chi connectivity index (χ1v) is 9.76. The first-order valence-electron chi connectivity index (χ1n) is 9.76. The number of benzene rings is 1. The molecule has 0 radical (unpaired) electrons. The lowest BCUT2D eigenvalue weighted by molar-refractivity contribution is -0.134. The number of hydrogen-bond acceptors (Lipinski definition) is 4. The van der Waals surface area contributed by atoms with E-state index in [-0.39, 0.29) is 30.8 Å². The van der Waals surface area contributed by atoms with Crippen molar-refractivity contribution in [2.75, 3.05) is 13.6 Å². The maximum Gasteiger partial charge on any atom is 0.271 e. The van der Waals surface area contributed by atoms with E-state index in [1.54, 1.807) is 20.0 Å². The van der Waals surface area contributed by atoms with Gasteiger partial charge in [0.2, 0.25) is 11.8 Å². The topological polar surface area (TPSA) is 96.6 Å². The Morgan fingerprint density at radius 2 is 1.93 bits per heavy atom. The quantitative estimate of drug-likeness (QED) is 0.673. The first-order chi connectivity index (χ1) is 14.3. The summed E-state index contributed by atoms with van der Waals surface area (Å²) in [5, 5.41) is 6.32. The second-order valence-electron chi connectivity index (χ2n) is 7.78. The van der Waals surface area contributed by atoms with Crippen LogP contribution < -0.4 is 10.6 Å². The Morgan fingerprint density at radius 1 is 1.17 bits per heavy atom. The lowest BCUT2D eigenvalue weighted by Crippen LogP contribution is -2.63. The molecular formula is C22H24N4O4. The van der Waals surface area contributed by atoms with Gasteiger partial charge in [-0.1, -0.05) is 18.2 Å². The summed E-state index contributed by atoms with van der Waals surface area (Å²) in [6, 6.07) is 13.1. The maximum absolute atomic E-state index is 13.0. The Labute approximate surface area is 173 Å². The van der Waals surface area contributed by atoms with Gasteiger partial charge in [-0.15, -0.1) is 0 Å². The number of hydrogen-bond donors (Lipinski definition) is 2. The fraction of sp³-hybridized carbons (Fsp3) is 0.318. The van der Waals surface area contributed by atoms with Crippen LogP contribution in [0.5, 0.6) is 0 Å². The molecule has 1 aliphatic rings. The van der Waals surface area contributed by atoms with Crippen molar-refractivity contribution in [1.82, 2.24) is 20.1 Å². The van der Waals surface area contributed by atoms with Crippen LogP contribution in [0.3, 0.4) is 0 Å². The Kier molecular flexibility index (Phi) is 4.85. The van der Waals surface area contributed by atoms with Gasteiger partial charge in [-0.25, -0.2) is 0 Å². The van der Waals surface area contributed by atoms with Crippen molar-refractivity contribution in [2.45, 2.75) is 32.5 Å². The average Bonchev–Trinajstić information content (AvgIpc) is 3.32. The number of furan rings is 1. The van der Waals surface area contributed by atoms with Crippen LogP contribution in [0, 0.1) is 6.92 Å². The molecule has 0 saturated carbocycles. The highest BCUT2D eigenvalue weighted by atomic mass is 16.3. The number of nitrogens with zero attached hydrogens (tertiary/aromatic N) is 2. The summed E-state index contributed by atoms with van der Waals surface area (Å²) in [6.45, 7) is 3.90. The van der Waals surface area contributed by atoms with E-state index in [4.69, 9.17) is 4.42 Å². The second-order valence-corrected chi connectivity index (χ2v) is 7.78. The fourth-order valence-corrected chi connectivity index (χ4v) is 3.77. The number of para-hydroxylation sites is 1. The predicted molar refractivity (Wildman–Crippen MR) is 111 cm³/mol. The molecule has 8 nitrogen and oxygen atoms in total. The van der Waals surface area contributed by atoms with E-state index < -0.39 is 5.54 Å². The van der Waals surface area contributed by atoms with Crippen molar-refractivity contribution < 1.29 is 18.8 Å². The molecule has 0 spiro atoms. The van der Waals surface area contributed by atoms with Crippen molar-refractivity contribution in [3.63, 3.8) is 0 Å². The molecule has 0 saturated heterocycles. The van der Waals surface area contributed by atoms with Gasteiger partial charge in [-0.2, -0.15) is 0 Å². The lowest BCUT2D eigenvalue weighted by atomic mass is 9.95. The van der Waals surface area contributed by atoms with Crippen LogP contribution in [0.2, 0.25) is 0 Å². The first kappa shape index (κ1) is 19.8. The van der Waals surface area contributed by atoms with Crippen LogP contribution in [0.1, 0.15) is 28.9 Å². The number of nitrogens with one attached hydrogen (secondary N) is 2. The number of rotatable bonds is 5. The van der Waals surface area contributed by atoms with Crippen molar-refractivity contribution in [3.05, 3.63) is 59.7 Å². The molecule has 2 aromatic heterocycles. The Hall–Kier alpha value is -3.55.